The van der Waals surface area contributed by atoms with Gasteiger partial charge in [0.2, 0.25) is 0 Å². The van der Waals surface area contributed by atoms with E-state index in [0.717, 1.165) is 19.3 Å². The highest BCUT2D eigenvalue weighted by Crippen LogP contribution is 2.65. The predicted octanol–water partition coefficient (Wildman–Crippen LogP) is 5.93. The predicted molar refractivity (Wildman–Crippen MR) is 115 cm³/mol. The Balaban J connectivity index is 1.67. The van der Waals surface area contributed by atoms with Crippen LogP contribution in [0.1, 0.15) is 70.3 Å². The number of rotatable bonds is 1. The van der Waals surface area contributed by atoms with Gasteiger partial charge in [-0.25, -0.2) is 0 Å². The van der Waals surface area contributed by atoms with Crippen LogP contribution in [-0.4, -0.2) is 10.9 Å². The van der Waals surface area contributed by atoms with Crippen molar-refractivity contribution >= 4 is 5.78 Å². The van der Waals surface area contributed by atoms with E-state index in [1.54, 1.807) is 5.57 Å². The summed E-state index contributed by atoms with van der Waals surface area (Å²) < 4.78 is 0. The molecule has 1 aromatic carbocycles. The minimum atomic E-state index is 0.242. The second kappa shape index (κ2) is 6.91. The van der Waals surface area contributed by atoms with Gasteiger partial charge < -0.3 is 5.11 Å². The van der Waals surface area contributed by atoms with E-state index >= 15 is 0 Å². The summed E-state index contributed by atoms with van der Waals surface area (Å²) in [5.74, 6) is 9.55. The first-order valence-electron chi connectivity index (χ1n) is 11.2. The van der Waals surface area contributed by atoms with Crippen molar-refractivity contribution in [2.24, 2.45) is 23.2 Å². The second-order valence-corrected chi connectivity index (χ2v) is 9.70. The zero-order valence-corrected chi connectivity index (χ0v) is 17.5. The van der Waals surface area contributed by atoms with Crippen molar-refractivity contribution in [2.45, 2.75) is 64.7 Å². The van der Waals surface area contributed by atoms with Crippen molar-refractivity contribution in [3.8, 4) is 17.6 Å². The number of benzene rings is 1. The Kier molecular flexibility index (Phi) is 4.46. The standard InChI is InChI=1S/C27H30O2/c1-3-4-19-8-14-25-23-12-7-18-15-21(29)11-13-22(18)26(23)24(16-27(19,25)2)17-5-9-20(28)10-6-17/h5-6,9-10,15,19,23-25,28H,7-8,11-14,16H2,1-2H3/t19-,23+,24-,25+,27-/m1/s1. The summed E-state index contributed by atoms with van der Waals surface area (Å²) in [6, 6.07) is 7.86. The molecule has 0 unspecified atom stereocenters. The van der Waals surface area contributed by atoms with Gasteiger partial charge in [0.1, 0.15) is 5.75 Å². The SMILES string of the molecule is CC#C[C@@H]1CC[C@H]2[C@@H]3CCC4=CC(=O)CCC4=C3[C@@H](c3ccc(O)cc3)C[C@]12C. The van der Waals surface area contributed by atoms with Crippen molar-refractivity contribution < 1.29 is 9.90 Å². The zero-order valence-electron chi connectivity index (χ0n) is 17.5. The van der Waals surface area contributed by atoms with Crippen LogP contribution in [-0.2, 0) is 4.79 Å². The van der Waals surface area contributed by atoms with Crippen LogP contribution >= 0.6 is 0 Å². The second-order valence-electron chi connectivity index (χ2n) is 9.70. The molecule has 2 nitrogen and oxygen atoms in total. The van der Waals surface area contributed by atoms with Crippen LogP contribution in [0.4, 0.5) is 0 Å². The van der Waals surface area contributed by atoms with Crippen LogP contribution < -0.4 is 0 Å². The number of phenolic OH excluding ortho intramolecular Hbond substituents is 1. The van der Waals surface area contributed by atoms with Gasteiger partial charge in [0.05, 0.1) is 0 Å². The molecule has 29 heavy (non-hydrogen) atoms. The summed E-state index contributed by atoms with van der Waals surface area (Å²) >= 11 is 0. The molecule has 0 bridgehead atoms. The van der Waals surface area contributed by atoms with Crippen LogP contribution in [0.2, 0.25) is 0 Å². The maximum Gasteiger partial charge on any atom is 0.156 e. The third-order valence-corrected chi connectivity index (χ3v) is 8.35. The quantitative estimate of drug-likeness (QED) is 0.607. The molecule has 0 heterocycles. The molecule has 4 aliphatic carbocycles. The number of hydrogen-bond acceptors (Lipinski definition) is 2. The number of fused-ring (bicyclic) bond motifs is 4. The van der Waals surface area contributed by atoms with Crippen LogP contribution in [0.5, 0.6) is 5.75 Å². The van der Waals surface area contributed by atoms with Gasteiger partial charge in [0.15, 0.2) is 5.78 Å². The van der Waals surface area contributed by atoms with E-state index in [-0.39, 0.29) is 5.41 Å². The lowest BCUT2D eigenvalue weighted by Gasteiger charge is -2.52. The molecule has 0 radical (unpaired) electrons. The van der Waals surface area contributed by atoms with E-state index in [1.165, 1.54) is 36.0 Å². The van der Waals surface area contributed by atoms with E-state index in [1.807, 2.05) is 25.1 Å². The van der Waals surface area contributed by atoms with Gasteiger partial charge in [0, 0.05) is 18.3 Å². The van der Waals surface area contributed by atoms with Gasteiger partial charge in [0.25, 0.3) is 0 Å². The van der Waals surface area contributed by atoms with Gasteiger partial charge in [-0.05, 0) is 97.6 Å². The minimum absolute atomic E-state index is 0.242. The summed E-state index contributed by atoms with van der Waals surface area (Å²) in [6.07, 6.45) is 9.33. The fourth-order valence-electron chi connectivity index (χ4n) is 7.08. The Morgan fingerprint density at radius 3 is 2.62 bits per heavy atom. The van der Waals surface area contributed by atoms with Gasteiger partial charge in [-0.15, -0.1) is 5.92 Å². The van der Waals surface area contributed by atoms with E-state index in [0.29, 0.717) is 41.6 Å². The monoisotopic (exact) mass is 386 g/mol. The van der Waals surface area contributed by atoms with E-state index in [4.69, 9.17) is 0 Å². The van der Waals surface area contributed by atoms with E-state index in [9.17, 15) is 9.90 Å². The molecule has 1 aromatic rings. The third-order valence-electron chi connectivity index (χ3n) is 8.35. The van der Waals surface area contributed by atoms with Crippen molar-refractivity contribution in [3.63, 3.8) is 0 Å². The lowest BCUT2D eigenvalue weighted by molar-refractivity contribution is -0.114. The van der Waals surface area contributed by atoms with Crippen LogP contribution in [0, 0.1) is 35.0 Å². The number of carbonyl (C=O) groups excluding carboxylic acids is 1. The summed E-state index contributed by atoms with van der Waals surface area (Å²) in [5.41, 5.74) is 5.97. The zero-order chi connectivity index (χ0) is 20.2. The first-order chi connectivity index (χ1) is 14.0. The normalized spacial score (nSPS) is 35.8. The molecule has 0 aromatic heterocycles. The Morgan fingerprint density at radius 1 is 1.07 bits per heavy atom. The van der Waals surface area contributed by atoms with Gasteiger partial charge in [-0.1, -0.05) is 30.6 Å². The molecule has 2 saturated carbocycles. The van der Waals surface area contributed by atoms with Gasteiger partial charge >= 0.3 is 0 Å². The van der Waals surface area contributed by atoms with Crippen LogP contribution in [0.25, 0.3) is 0 Å². The Hall–Kier alpha value is -2.27. The lowest BCUT2D eigenvalue weighted by Crippen LogP contribution is -2.43. The Bertz CT molecular complexity index is 968. The van der Waals surface area contributed by atoms with Crippen molar-refractivity contribution in [1.82, 2.24) is 0 Å². The number of ketones is 1. The average Bonchev–Trinajstić information content (AvgIpc) is 3.04. The molecule has 150 valence electrons. The highest BCUT2D eigenvalue weighted by Gasteiger charge is 2.56. The summed E-state index contributed by atoms with van der Waals surface area (Å²) in [5, 5.41) is 9.84. The fraction of sp³-hybridized carbons (Fsp3) is 0.519. The maximum absolute atomic E-state index is 12.1. The molecule has 0 spiro atoms. The minimum Gasteiger partial charge on any atom is -0.508 e. The molecule has 5 atom stereocenters. The van der Waals surface area contributed by atoms with Gasteiger partial charge in [-0.2, -0.15) is 0 Å². The maximum atomic E-state index is 12.1. The highest BCUT2D eigenvalue weighted by atomic mass is 16.3. The molecular formula is C27H30O2. The van der Waals surface area contributed by atoms with Crippen molar-refractivity contribution in [3.05, 3.63) is 52.6 Å². The number of allylic oxidation sites excluding steroid dienone is 4. The first-order valence-corrected chi connectivity index (χ1v) is 11.2. The van der Waals surface area contributed by atoms with Crippen LogP contribution in [0.15, 0.2) is 47.1 Å². The molecule has 0 saturated heterocycles. The molecule has 1 N–H and O–H groups in total. The molecule has 4 aliphatic rings. The summed E-state index contributed by atoms with van der Waals surface area (Å²) in [6.45, 7) is 4.46. The third kappa shape index (κ3) is 2.90. The first kappa shape index (κ1) is 18.7. The molecule has 5 rings (SSSR count). The summed E-state index contributed by atoms with van der Waals surface area (Å²) in [4.78, 5) is 12.1. The number of phenols is 1. The fourth-order valence-corrected chi connectivity index (χ4v) is 7.08. The van der Waals surface area contributed by atoms with Crippen molar-refractivity contribution in [2.75, 3.05) is 0 Å². The summed E-state index contributed by atoms with van der Waals surface area (Å²) in [7, 11) is 0. The number of carbonyl (C=O) groups is 1. The largest absolute Gasteiger partial charge is 0.508 e. The van der Waals surface area contributed by atoms with E-state index < -0.39 is 0 Å². The Labute approximate surface area is 174 Å². The molecular weight excluding hydrogens is 356 g/mol. The molecule has 2 heteroatoms. The van der Waals surface area contributed by atoms with Crippen molar-refractivity contribution in [1.29, 1.82) is 0 Å². The molecule has 2 fully saturated rings. The lowest BCUT2D eigenvalue weighted by atomic mass is 9.52. The Morgan fingerprint density at radius 2 is 1.86 bits per heavy atom. The topological polar surface area (TPSA) is 37.3 Å². The average molecular weight is 387 g/mol. The molecule has 0 aliphatic heterocycles. The highest BCUT2D eigenvalue weighted by molar-refractivity contribution is 5.93. The van der Waals surface area contributed by atoms with E-state index in [2.05, 4.69) is 30.9 Å². The van der Waals surface area contributed by atoms with Gasteiger partial charge in [-0.3, -0.25) is 4.79 Å². The number of aromatic hydroxyl groups is 1. The molecule has 0 amide bonds. The van der Waals surface area contributed by atoms with Crippen LogP contribution in [0.3, 0.4) is 0 Å². The smallest absolute Gasteiger partial charge is 0.156 e. The number of hydrogen-bond donors (Lipinski definition) is 1.